The summed E-state index contributed by atoms with van der Waals surface area (Å²) < 4.78 is 11.1. The van der Waals surface area contributed by atoms with Gasteiger partial charge in [0.2, 0.25) is 0 Å². The molecule has 0 radical (unpaired) electrons. The molecule has 4 rings (SSSR count). The number of ether oxygens (including phenoxy) is 2. The summed E-state index contributed by atoms with van der Waals surface area (Å²) in [6.45, 7) is 2.79. The molecule has 0 bridgehead atoms. The van der Waals surface area contributed by atoms with Gasteiger partial charge in [0, 0.05) is 18.2 Å². The second-order valence-electron chi connectivity index (χ2n) is 7.79. The molecule has 0 spiro atoms. The van der Waals surface area contributed by atoms with Crippen molar-refractivity contribution in [1.29, 1.82) is 0 Å². The first-order chi connectivity index (χ1) is 16.0. The van der Waals surface area contributed by atoms with Gasteiger partial charge in [0.1, 0.15) is 11.5 Å². The standard InChI is InChI=1S/C25H26N2O4S2/c1-4-5-6-9-14-26-18-11-8-7-10-17(18)21(23(26)28)22-24(29)27(25(32)33-22)19-15-16(30-2)12-13-20(19)31-3/h7-8,10-13,15H,4-6,9,14H2,1-3H3. The van der Waals surface area contributed by atoms with E-state index >= 15 is 0 Å². The molecule has 33 heavy (non-hydrogen) atoms. The first-order valence-corrected chi connectivity index (χ1v) is 12.2. The number of carbonyl (C=O) groups excluding carboxylic acids is 2. The number of hydrogen-bond acceptors (Lipinski definition) is 6. The van der Waals surface area contributed by atoms with Gasteiger partial charge in [0.05, 0.1) is 36.1 Å². The van der Waals surface area contributed by atoms with Crippen LogP contribution in [0.5, 0.6) is 11.5 Å². The van der Waals surface area contributed by atoms with Crippen LogP contribution in [0.4, 0.5) is 11.4 Å². The largest absolute Gasteiger partial charge is 0.497 e. The van der Waals surface area contributed by atoms with Gasteiger partial charge in [-0.15, -0.1) is 0 Å². The summed E-state index contributed by atoms with van der Waals surface area (Å²) in [6, 6.07) is 12.8. The monoisotopic (exact) mass is 482 g/mol. The lowest BCUT2D eigenvalue weighted by Gasteiger charge is -2.19. The van der Waals surface area contributed by atoms with Crippen LogP contribution in [0.3, 0.4) is 0 Å². The number of para-hydroxylation sites is 1. The van der Waals surface area contributed by atoms with Crippen LogP contribution in [0.15, 0.2) is 47.4 Å². The summed E-state index contributed by atoms with van der Waals surface area (Å²) in [5.41, 5.74) is 2.53. The maximum absolute atomic E-state index is 13.6. The van der Waals surface area contributed by atoms with E-state index in [1.54, 1.807) is 30.2 Å². The van der Waals surface area contributed by atoms with Crippen molar-refractivity contribution in [2.75, 3.05) is 30.6 Å². The number of nitrogens with zero attached hydrogens (tertiary/aromatic N) is 2. The molecule has 2 aliphatic rings. The Labute approximate surface area is 203 Å². The van der Waals surface area contributed by atoms with E-state index in [2.05, 4.69) is 6.92 Å². The molecule has 2 heterocycles. The van der Waals surface area contributed by atoms with Gasteiger partial charge in [0.25, 0.3) is 11.8 Å². The second kappa shape index (κ2) is 9.97. The lowest BCUT2D eigenvalue weighted by molar-refractivity contribution is -0.115. The molecule has 1 fully saturated rings. The summed E-state index contributed by atoms with van der Waals surface area (Å²) in [7, 11) is 3.09. The summed E-state index contributed by atoms with van der Waals surface area (Å²) in [4.78, 5) is 30.7. The highest BCUT2D eigenvalue weighted by molar-refractivity contribution is 8.27. The van der Waals surface area contributed by atoms with Gasteiger partial charge in [-0.25, -0.2) is 0 Å². The van der Waals surface area contributed by atoms with Crippen LogP contribution in [-0.4, -0.2) is 36.9 Å². The number of thioether (sulfide) groups is 1. The third kappa shape index (κ3) is 4.25. The zero-order valence-corrected chi connectivity index (χ0v) is 20.6. The number of methoxy groups -OCH3 is 2. The van der Waals surface area contributed by atoms with Crippen molar-refractivity contribution < 1.29 is 19.1 Å². The molecule has 172 valence electrons. The van der Waals surface area contributed by atoms with Gasteiger partial charge in [-0.2, -0.15) is 0 Å². The van der Waals surface area contributed by atoms with E-state index in [4.69, 9.17) is 21.7 Å². The van der Waals surface area contributed by atoms with Crippen molar-refractivity contribution >= 4 is 57.1 Å². The summed E-state index contributed by atoms with van der Waals surface area (Å²) in [5.74, 6) is 0.593. The molecule has 0 atom stereocenters. The zero-order valence-electron chi connectivity index (χ0n) is 18.9. The molecule has 0 aromatic heterocycles. The average Bonchev–Trinajstić information content (AvgIpc) is 3.27. The Morgan fingerprint density at radius 1 is 0.939 bits per heavy atom. The van der Waals surface area contributed by atoms with Crippen molar-refractivity contribution in [3.05, 3.63) is 52.9 Å². The molecule has 2 aromatic carbocycles. The number of benzene rings is 2. The molecule has 0 saturated carbocycles. The van der Waals surface area contributed by atoms with Crippen LogP contribution in [0.2, 0.25) is 0 Å². The third-order valence-corrected chi connectivity index (χ3v) is 7.15. The summed E-state index contributed by atoms with van der Waals surface area (Å²) in [6.07, 6.45) is 4.25. The first-order valence-electron chi connectivity index (χ1n) is 11.0. The fourth-order valence-corrected chi connectivity index (χ4v) is 5.47. The fourth-order valence-electron chi connectivity index (χ4n) is 4.12. The molecule has 6 nitrogen and oxygen atoms in total. The molecule has 2 aliphatic heterocycles. The number of hydrogen-bond donors (Lipinski definition) is 0. The van der Waals surface area contributed by atoms with Gasteiger partial charge < -0.3 is 14.4 Å². The molecular weight excluding hydrogens is 456 g/mol. The zero-order chi connectivity index (χ0) is 23.5. The lowest BCUT2D eigenvalue weighted by Crippen LogP contribution is -2.30. The lowest BCUT2D eigenvalue weighted by atomic mass is 10.1. The molecule has 0 aliphatic carbocycles. The Morgan fingerprint density at radius 2 is 1.73 bits per heavy atom. The van der Waals surface area contributed by atoms with E-state index in [-0.39, 0.29) is 11.8 Å². The van der Waals surface area contributed by atoms with Crippen LogP contribution in [0.1, 0.15) is 38.2 Å². The Kier molecular flexibility index (Phi) is 7.05. The number of amides is 2. The topological polar surface area (TPSA) is 59.1 Å². The van der Waals surface area contributed by atoms with E-state index in [1.807, 2.05) is 24.3 Å². The fraction of sp³-hybridized carbons (Fsp3) is 0.320. The van der Waals surface area contributed by atoms with Crippen molar-refractivity contribution in [2.24, 2.45) is 0 Å². The van der Waals surface area contributed by atoms with Crippen molar-refractivity contribution in [3.8, 4) is 11.5 Å². The quantitative estimate of drug-likeness (QED) is 0.285. The maximum Gasteiger partial charge on any atom is 0.271 e. The van der Waals surface area contributed by atoms with E-state index in [0.29, 0.717) is 38.5 Å². The third-order valence-electron chi connectivity index (χ3n) is 5.78. The Bertz CT molecular complexity index is 1140. The minimum absolute atomic E-state index is 0.147. The van der Waals surface area contributed by atoms with Crippen LogP contribution < -0.4 is 19.3 Å². The molecule has 0 unspecified atom stereocenters. The Hall–Kier alpha value is -2.84. The molecular formula is C25H26N2O4S2. The number of thiocarbonyl (C=S) groups is 1. The highest BCUT2D eigenvalue weighted by atomic mass is 32.2. The highest BCUT2D eigenvalue weighted by Gasteiger charge is 2.43. The smallest absolute Gasteiger partial charge is 0.271 e. The Balaban J connectivity index is 1.74. The molecule has 2 aromatic rings. The highest BCUT2D eigenvalue weighted by Crippen LogP contribution is 2.47. The van der Waals surface area contributed by atoms with Gasteiger partial charge in [-0.1, -0.05) is 68.4 Å². The predicted molar refractivity (Wildman–Crippen MR) is 137 cm³/mol. The van der Waals surface area contributed by atoms with E-state index in [1.165, 1.54) is 12.0 Å². The van der Waals surface area contributed by atoms with Crippen LogP contribution in [0, 0.1) is 0 Å². The number of rotatable bonds is 8. The van der Waals surface area contributed by atoms with Gasteiger partial charge in [-0.05, 0) is 24.6 Å². The molecule has 8 heteroatoms. The van der Waals surface area contributed by atoms with E-state index < -0.39 is 0 Å². The molecule has 2 amide bonds. The van der Waals surface area contributed by atoms with Gasteiger partial charge >= 0.3 is 0 Å². The summed E-state index contributed by atoms with van der Waals surface area (Å²) in [5, 5.41) is 0. The van der Waals surface area contributed by atoms with Gasteiger partial charge in [0.15, 0.2) is 4.32 Å². The van der Waals surface area contributed by atoms with Crippen molar-refractivity contribution in [2.45, 2.75) is 32.6 Å². The second-order valence-corrected chi connectivity index (χ2v) is 9.43. The number of fused-ring (bicyclic) bond motifs is 1. The number of carbonyl (C=O) groups is 2. The van der Waals surface area contributed by atoms with Crippen molar-refractivity contribution in [1.82, 2.24) is 0 Å². The Morgan fingerprint density at radius 3 is 2.45 bits per heavy atom. The van der Waals surface area contributed by atoms with Crippen LogP contribution in [0.25, 0.3) is 5.57 Å². The molecule has 0 N–H and O–H groups in total. The first kappa shape index (κ1) is 23.3. The maximum atomic E-state index is 13.6. The minimum Gasteiger partial charge on any atom is -0.497 e. The van der Waals surface area contributed by atoms with Crippen LogP contribution in [-0.2, 0) is 9.59 Å². The van der Waals surface area contributed by atoms with E-state index in [9.17, 15) is 9.59 Å². The SMILES string of the molecule is CCCCCCN1C(=O)C(=C2SC(=S)N(c3cc(OC)ccc3OC)C2=O)c2ccccc21. The molecule has 1 saturated heterocycles. The average molecular weight is 483 g/mol. The summed E-state index contributed by atoms with van der Waals surface area (Å²) >= 11 is 6.73. The normalized spacial score (nSPS) is 17.7. The number of unbranched alkanes of at least 4 members (excludes halogenated alkanes) is 3. The van der Waals surface area contributed by atoms with Crippen LogP contribution >= 0.6 is 24.0 Å². The minimum atomic E-state index is -0.331. The predicted octanol–water partition coefficient (Wildman–Crippen LogP) is 5.41. The number of anilines is 2. The van der Waals surface area contributed by atoms with E-state index in [0.717, 1.165) is 48.7 Å². The van der Waals surface area contributed by atoms with Gasteiger partial charge in [-0.3, -0.25) is 14.5 Å². The van der Waals surface area contributed by atoms with Crippen molar-refractivity contribution in [3.63, 3.8) is 0 Å².